The fraction of sp³-hybridized carbons (Fsp3) is 0.231. The number of aromatic hydroxyl groups is 1. The van der Waals surface area contributed by atoms with Crippen molar-refractivity contribution in [1.82, 2.24) is 4.98 Å². The Morgan fingerprint density at radius 2 is 1.94 bits per heavy atom. The Labute approximate surface area is 108 Å². The molecule has 4 nitrogen and oxygen atoms in total. The van der Waals surface area contributed by atoms with Gasteiger partial charge in [-0.3, -0.25) is 0 Å². The monoisotopic (exact) mass is 261 g/mol. The molecule has 3 rings (SSSR count). The molecule has 0 amide bonds. The van der Waals surface area contributed by atoms with E-state index >= 15 is 0 Å². The molecule has 2 aromatic rings. The first-order valence-corrected chi connectivity index (χ1v) is 6.50. The van der Waals surface area contributed by atoms with Crippen molar-refractivity contribution in [2.45, 2.75) is 18.8 Å². The lowest BCUT2D eigenvalue weighted by molar-refractivity contribution is 0.0700. The number of phenolic OH excluding ortho intramolecular Hbond substituents is 1. The lowest BCUT2D eigenvalue weighted by Crippen LogP contribution is -1.97. The molecule has 1 aromatic carbocycles. The Kier molecular flexibility index (Phi) is 2.56. The van der Waals surface area contributed by atoms with E-state index in [4.69, 9.17) is 0 Å². The molecular weight excluding hydrogens is 250 g/mol. The maximum absolute atomic E-state index is 11.2. The molecule has 5 heteroatoms. The van der Waals surface area contributed by atoms with Gasteiger partial charge in [0.15, 0.2) is 0 Å². The molecule has 1 saturated carbocycles. The van der Waals surface area contributed by atoms with Gasteiger partial charge in [-0.15, -0.1) is 11.3 Å². The number of hydrogen-bond acceptors (Lipinski definition) is 4. The highest BCUT2D eigenvalue weighted by Crippen LogP contribution is 2.44. The fourth-order valence-corrected chi connectivity index (χ4v) is 2.84. The maximum atomic E-state index is 11.2. The predicted molar refractivity (Wildman–Crippen MR) is 68.1 cm³/mol. The number of carbonyl (C=O) groups is 1. The predicted octanol–water partition coefficient (Wildman–Crippen LogP) is 3.09. The van der Waals surface area contributed by atoms with Gasteiger partial charge in [-0.1, -0.05) is 0 Å². The van der Waals surface area contributed by atoms with Crippen LogP contribution in [0.25, 0.3) is 10.6 Å². The van der Waals surface area contributed by atoms with Crippen molar-refractivity contribution in [2.75, 3.05) is 0 Å². The Balaban J connectivity index is 2.04. The van der Waals surface area contributed by atoms with Gasteiger partial charge in [0.2, 0.25) is 0 Å². The molecule has 92 valence electrons. The van der Waals surface area contributed by atoms with Crippen molar-refractivity contribution in [3.8, 4) is 16.3 Å². The van der Waals surface area contributed by atoms with Gasteiger partial charge in [0, 0.05) is 11.5 Å². The van der Waals surface area contributed by atoms with Crippen molar-refractivity contribution < 1.29 is 15.0 Å². The van der Waals surface area contributed by atoms with Crippen molar-refractivity contribution >= 4 is 17.3 Å². The quantitative estimate of drug-likeness (QED) is 0.890. The van der Waals surface area contributed by atoms with Crippen LogP contribution in [0.4, 0.5) is 0 Å². The van der Waals surface area contributed by atoms with E-state index in [1.165, 1.54) is 11.3 Å². The number of phenols is 1. The van der Waals surface area contributed by atoms with Crippen LogP contribution in [-0.4, -0.2) is 21.2 Å². The number of nitrogens with zero attached hydrogens (tertiary/aromatic N) is 1. The van der Waals surface area contributed by atoms with E-state index in [1.807, 2.05) is 0 Å². The Morgan fingerprint density at radius 1 is 1.28 bits per heavy atom. The molecular formula is C13H11NO3S. The summed E-state index contributed by atoms with van der Waals surface area (Å²) in [5.41, 5.74) is 1.56. The molecule has 1 aromatic heterocycles. The van der Waals surface area contributed by atoms with E-state index < -0.39 is 5.97 Å². The number of carboxylic acid groups (broad SMARTS) is 1. The summed E-state index contributed by atoms with van der Waals surface area (Å²) in [5.74, 6) is -0.395. The summed E-state index contributed by atoms with van der Waals surface area (Å²) in [5, 5.41) is 19.1. The van der Waals surface area contributed by atoms with Gasteiger partial charge in [-0.2, -0.15) is 0 Å². The van der Waals surface area contributed by atoms with E-state index in [2.05, 4.69) is 4.98 Å². The standard InChI is InChI=1S/C13H11NO3S/c15-9-5-3-8(4-6-9)12-14-10(7-1-2-7)11(18-12)13(16)17/h3-7,15H,1-2H2,(H,16,17). The third-order valence-electron chi connectivity index (χ3n) is 2.93. The number of rotatable bonds is 3. The largest absolute Gasteiger partial charge is 0.508 e. The molecule has 1 heterocycles. The summed E-state index contributed by atoms with van der Waals surface area (Å²) in [7, 11) is 0. The maximum Gasteiger partial charge on any atom is 0.347 e. The molecule has 0 aliphatic heterocycles. The number of aromatic carboxylic acids is 1. The molecule has 2 N–H and O–H groups in total. The summed E-state index contributed by atoms with van der Waals surface area (Å²) in [6.07, 6.45) is 2.05. The van der Waals surface area contributed by atoms with Gasteiger partial charge >= 0.3 is 5.97 Å². The number of carboxylic acids is 1. The minimum Gasteiger partial charge on any atom is -0.508 e. The number of thiazole rings is 1. The third-order valence-corrected chi connectivity index (χ3v) is 4.03. The lowest BCUT2D eigenvalue weighted by atomic mass is 10.2. The van der Waals surface area contributed by atoms with Gasteiger partial charge in [-0.05, 0) is 37.1 Å². The van der Waals surface area contributed by atoms with Crippen molar-refractivity contribution in [1.29, 1.82) is 0 Å². The zero-order valence-electron chi connectivity index (χ0n) is 9.46. The topological polar surface area (TPSA) is 70.4 Å². The lowest BCUT2D eigenvalue weighted by Gasteiger charge is -1.95. The number of aromatic nitrogens is 1. The highest BCUT2D eigenvalue weighted by molar-refractivity contribution is 7.17. The van der Waals surface area contributed by atoms with Crippen molar-refractivity contribution in [2.24, 2.45) is 0 Å². The molecule has 1 aliphatic carbocycles. The summed E-state index contributed by atoms with van der Waals surface area (Å²) >= 11 is 1.20. The van der Waals surface area contributed by atoms with E-state index in [0.29, 0.717) is 15.8 Å². The van der Waals surface area contributed by atoms with E-state index in [0.717, 1.165) is 24.1 Å². The zero-order chi connectivity index (χ0) is 12.7. The van der Waals surface area contributed by atoms with E-state index in [9.17, 15) is 15.0 Å². The molecule has 1 fully saturated rings. The molecule has 0 unspecified atom stereocenters. The first kappa shape index (κ1) is 11.2. The zero-order valence-corrected chi connectivity index (χ0v) is 10.3. The van der Waals surface area contributed by atoms with Gasteiger partial charge in [0.25, 0.3) is 0 Å². The summed E-state index contributed by atoms with van der Waals surface area (Å²) in [4.78, 5) is 16.0. The minimum absolute atomic E-state index is 0.191. The number of benzene rings is 1. The van der Waals surface area contributed by atoms with E-state index in [1.54, 1.807) is 24.3 Å². The SMILES string of the molecule is O=C(O)c1sc(-c2ccc(O)cc2)nc1C1CC1. The minimum atomic E-state index is -0.903. The Hall–Kier alpha value is -1.88. The average molecular weight is 261 g/mol. The van der Waals surface area contributed by atoms with Crippen LogP contribution in [0.15, 0.2) is 24.3 Å². The summed E-state index contributed by atoms with van der Waals surface area (Å²) < 4.78 is 0. The average Bonchev–Trinajstić information content (AvgIpc) is 3.09. The van der Waals surface area contributed by atoms with Gasteiger partial charge < -0.3 is 10.2 Å². The molecule has 18 heavy (non-hydrogen) atoms. The fourth-order valence-electron chi connectivity index (χ4n) is 1.85. The molecule has 0 saturated heterocycles. The van der Waals surface area contributed by atoms with Crippen molar-refractivity contribution in [3.05, 3.63) is 34.8 Å². The molecule has 0 radical (unpaired) electrons. The van der Waals surface area contributed by atoms with Crippen LogP contribution in [0.1, 0.15) is 34.1 Å². The van der Waals surface area contributed by atoms with E-state index in [-0.39, 0.29) is 5.75 Å². The van der Waals surface area contributed by atoms with Crippen molar-refractivity contribution in [3.63, 3.8) is 0 Å². The van der Waals surface area contributed by atoms with Crippen LogP contribution >= 0.6 is 11.3 Å². The molecule has 1 aliphatic rings. The Bertz CT molecular complexity index is 599. The Morgan fingerprint density at radius 3 is 2.50 bits per heavy atom. The van der Waals surface area contributed by atoms with Crippen LogP contribution in [0.5, 0.6) is 5.75 Å². The summed E-state index contributed by atoms with van der Waals surface area (Å²) in [6, 6.07) is 6.65. The van der Waals surface area contributed by atoms with Crippen LogP contribution in [0, 0.1) is 0 Å². The number of hydrogen-bond donors (Lipinski definition) is 2. The van der Waals surface area contributed by atoms with Crippen LogP contribution in [0.2, 0.25) is 0 Å². The first-order chi connectivity index (χ1) is 8.65. The third kappa shape index (κ3) is 1.97. The second-order valence-corrected chi connectivity index (χ2v) is 5.36. The van der Waals surface area contributed by atoms with Gasteiger partial charge in [0.1, 0.15) is 15.6 Å². The summed E-state index contributed by atoms with van der Waals surface area (Å²) in [6.45, 7) is 0. The van der Waals surface area contributed by atoms with Gasteiger partial charge in [0.05, 0.1) is 5.69 Å². The van der Waals surface area contributed by atoms with Crippen LogP contribution < -0.4 is 0 Å². The normalized spacial score (nSPS) is 14.7. The highest BCUT2D eigenvalue weighted by atomic mass is 32.1. The van der Waals surface area contributed by atoms with Crippen LogP contribution in [-0.2, 0) is 0 Å². The molecule has 0 atom stereocenters. The molecule has 0 bridgehead atoms. The van der Waals surface area contributed by atoms with Gasteiger partial charge in [-0.25, -0.2) is 9.78 Å². The molecule has 0 spiro atoms. The second-order valence-electron chi connectivity index (χ2n) is 4.36. The smallest absolute Gasteiger partial charge is 0.347 e. The van der Waals surface area contributed by atoms with Crippen LogP contribution in [0.3, 0.4) is 0 Å². The second kappa shape index (κ2) is 4.10. The first-order valence-electron chi connectivity index (χ1n) is 5.68. The highest BCUT2D eigenvalue weighted by Gasteiger charge is 2.32.